The van der Waals surface area contributed by atoms with Gasteiger partial charge >= 0.3 is 0 Å². The molecule has 1 amide bonds. The minimum absolute atomic E-state index is 0.0714. The number of likely N-dealkylation sites (tertiary alicyclic amines) is 1. The van der Waals surface area contributed by atoms with Crippen molar-refractivity contribution in [3.8, 4) is 0 Å². The standard InChI is InChI=1S/C34H34N2O2/c37-33(28-15-8-3-9-16-28)29-17-10-18-30(25-29)34(38)35-31-19-22-36(23-20-31)24-21-32(26-11-4-1-5-12-26)27-13-6-2-7-14-27/h1-18,25,31-32H,19-24H2,(H,35,38). The molecule has 1 heterocycles. The number of hydrogen-bond acceptors (Lipinski definition) is 3. The number of hydrogen-bond donors (Lipinski definition) is 1. The molecule has 5 rings (SSSR count). The summed E-state index contributed by atoms with van der Waals surface area (Å²) in [6, 6.07) is 37.9. The van der Waals surface area contributed by atoms with E-state index in [9.17, 15) is 9.59 Å². The molecular weight excluding hydrogens is 468 g/mol. The lowest BCUT2D eigenvalue weighted by atomic mass is 9.88. The van der Waals surface area contributed by atoms with Crippen molar-refractivity contribution >= 4 is 11.7 Å². The fourth-order valence-corrected chi connectivity index (χ4v) is 5.34. The van der Waals surface area contributed by atoms with E-state index in [1.165, 1.54) is 11.1 Å². The van der Waals surface area contributed by atoms with Crippen LogP contribution in [0.1, 0.15) is 62.6 Å². The van der Waals surface area contributed by atoms with Crippen molar-refractivity contribution in [2.45, 2.75) is 31.2 Å². The molecule has 0 unspecified atom stereocenters. The Balaban J connectivity index is 1.14. The summed E-state index contributed by atoms with van der Waals surface area (Å²) in [4.78, 5) is 28.3. The highest BCUT2D eigenvalue weighted by atomic mass is 16.1. The van der Waals surface area contributed by atoms with Gasteiger partial charge in [0.05, 0.1) is 0 Å². The quantitative estimate of drug-likeness (QED) is 0.272. The monoisotopic (exact) mass is 502 g/mol. The van der Waals surface area contributed by atoms with E-state index in [0.29, 0.717) is 22.6 Å². The van der Waals surface area contributed by atoms with Crippen molar-refractivity contribution in [2.24, 2.45) is 0 Å². The summed E-state index contributed by atoms with van der Waals surface area (Å²) in [6.07, 6.45) is 2.92. The number of amides is 1. The van der Waals surface area contributed by atoms with E-state index in [-0.39, 0.29) is 17.7 Å². The van der Waals surface area contributed by atoms with Crippen LogP contribution in [0.15, 0.2) is 115 Å². The van der Waals surface area contributed by atoms with Gasteiger partial charge in [0.25, 0.3) is 5.91 Å². The Morgan fingerprint density at radius 2 is 1.21 bits per heavy atom. The zero-order valence-corrected chi connectivity index (χ0v) is 21.6. The van der Waals surface area contributed by atoms with Crippen LogP contribution < -0.4 is 5.32 Å². The molecule has 0 atom stereocenters. The number of nitrogens with zero attached hydrogens (tertiary/aromatic N) is 1. The molecule has 0 aromatic heterocycles. The Hall–Kier alpha value is -4.02. The van der Waals surface area contributed by atoms with Gasteiger partial charge in [-0.05, 0) is 49.1 Å². The van der Waals surface area contributed by atoms with Crippen molar-refractivity contribution < 1.29 is 9.59 Å². The van der Waals surface area contributed by atoms with Gasteiger partial charge in [0, 0.05) is 41.7 Å². The molecule has 0 spiro atoms. The Kier molecular flexibility index (Phi) is 8.42. The maximum Gasteiger partial charge on any atom is 0.251 e. The number of carbonyl (C=O) groups is 2. The maximum absolute atomic E-state index is 13.0. The van der Waals surface area contributed by atoms with Gasteiger partial charge in [-0.15, -0.1) is 0 Å². The summed E-state index contributed by atoms with van der Waals surface area (Å²) in [6.45, 7) is 2.96. The van der Waals surface area contributed by atoms with Crippen LogP contribution in [0.3, 0.4) is 0 Å². The smallest absolute Gasteiger partial charge is 0.251 e. The lowest BCUT2D eigenvalue weighted by Crippen LogP contribution is -2.45. The van der Waals surface area contributed by atoms with Gasteiger partial charge in [0.2, 0.25) is 0 Å². The Morgan fingerprint density at radius 1 is 0.684 bits per heavy atom. The molecule has 0 bridgehead atoms. The molecule has 38 heavy (non-hydrogen) atoms. The van der Waals surface area contributed by atoms with Crippen LogP contribution in [-0.4, -0.2) is 42.3 Å². The van der Waals surface area contributed by atoms with E-state index in [0.717, 1.165) is 38.9 Å². The molecule has 4 nitrogen and oxygen atoms in total. The highest BCUT2D eigenvalue weighted by Gasteiger charge is 2.23. The molecule has 1 aliphatic rings. The first kappa shape index (κ1) is 25.6. The second-order valence-electron chi connectivity index (χ2n) is 10.0. The summed E-state index contributed by atoms with van der Waals surface area (Å²) in [7, 11) is 0. The second kappa shape index (κ2) is 12.5. The SMILES string of the molecule is O=C(NC1CCN(CCC(c2ccccc2)c2ccccc2)CC1)c1cccc(C(=O)c2ccccc2)c1. The lowest BCUT2D eigenvalue weighted by Gasteiger charge is -2.33. The van der Waals surface area contributed by atoms with Gasteiger partial charge in [0.1, 0.15) is 0 Å². The topological polar surface area (TPSA) is 49.4 Å². The lowest BCUT2D eigenvalue weighted by molar-refractivity contribution is 0.0910. The molecule has 1 saturated heterocycles. The first-order chi connectivity index (χ1) is 18.7. The number of benzene rings is 4. The first-order valence-corrected chi connectivity index (χ1v) is 13.5. The van der Waals surface area contributed by atoms with Gasteiger partial charge in [-0.1, -0.05) is 103 Å². The molecule has 0 aliphatic carbocycles. The van der Waals surface area contributed by atoms with Gasteiger partial charge in [0.15, 0.2) is 5.78 Å². The average Bonchev–Trinajstić information content (AvgIpc) is 2.99. The predicted molar refractivity (Wildman–Crippen MR) is 153 cm³/mol. The van der Waals surface area contributed by atoms with Gasteiger partial charge in [-0.3, -0.25) is 9.59 Å². The minimum atomic E-state index is -0.112. The third-order valence-electron chi connectivity index (χ3n) is 7.48. The fourth-order valence-electron chi connectivity index (χ4n) is 5.34. The van der Waals surface area contributed by atoms with Gasteiger partial charge in [-0.25, -0.2) is 0 Å². The Morgan fingerprint density at radius 3 is 1.82 bits per heavy atom. The van der Waals surface area contributed by atoms with E-state index >= 15 is 0 Å². The van der Waals surface area contributed by atoms with Crippen molar-refractivity contribution in [3.63, 3.8) is 0 Å². The molecule has 1 fully saturated rings. The van der Waals surface area contributed by atoms with Crippen LogP contribution >= 0.6 is 0 Å². The molecule has 0 saturated carbocycles. The van der Waals surface area contributed by atoms with Gasteiger partial charge < -0.3 is 10.2 Å². The van der Waals surface area contributed by atoms with Crippen molar-refractivity contribution in [1.29, 1.82) is 0 Å². The Labute approximate surface area is 225 Å². The molecular formula is C34H34N2O2. The van der Waals surface area contributed by atoms with Gasteiger partial charge in [-0.2, -0.15) is 0 Å². The molecule has 1 N–H and O–H groups in total. The van der Waals surface area contributed by atoms with E-state index in [2.05, 4.69) is 70.9 Å². The summed E-state index contributed by atoms with van der Waals surface area (Å²) in [5, 5.41) is 3.20. The minimum Gasteiger partial charge on any atom is -0.349 e. The number of carbonyl (C=O) groups excluding carboxylic acids is 2. The zero-order chi connectivity index (χ0) is 26.2. The van der Waals surface area contributed by atoms with Crippen LogP contribution in [0.5, 0.6) is 0 Å². The number of nitrogens with one attached hydrogen (secondary N) is 1. The number of rotatable bonds is 9. The van der Waals surface area contributed by atoms with E-state index in [4.69, 9.17) is 0 Å². The zero-order valence-electron chi connectivity index (χ0n) is 21.6. The van der Waals surface area contributed by atoms with Crippen molar-refractivity contribution in [3.05, 3.63) is 143 Å². The maximum atomic E-state index is 13.0. The highest BCUT2D eigenvalue weighted by molar-refractivity contribution is 6.10. The third kappa shape index (κ3) is 6.45. The number of piperidine rings is 1. The van der Waals surface area contributed by atoms with E-state index < -0.39 is 0 Å². The summed E-state index contributed by atoms with van der Waals surface area (Å²) >= 11 is 0. The van der Waals surface area contributed by atoms with E-state index in [1.807, 2.05) is 18.2 Å². The molecule has 0 radical (unpaired) electrons. The van der Waals surface area contributed by atoms with Crippen molar-refractivity contribution in [1.82, 2.24) is 10.2 Å². The molecule has 192 valence electrons. The molecule has 4 aromatic rings. The molecule has 1 aliphatic heterocycles. The van der Waals surface area contributed by atoms with Crippen LogP contribution in [0, 0.1) is 0 Å². The summed E-state index contributed by atoms with van der Waals surface area (Å²) in [5.74, 6) is 0.193. The van der Waals surface area contributed by atoms with Crippen LogP contribution in [-0.2, 0) is 0 Å². The predicted octanol–water partition coefficient (Wildman–Crippen LogP) is 6.33. The average molecular weight is 503 g/mol. The number of ketones is 1. The molecule has 4 aromatic carbocycles. The second-order valence-corrected chi connectivity index (χ2v) is 10.0. The third-order valence-corrected chi connectivity index (χ3v) is 7.48. The van der Waals surface area contributed by atoms with E-state index in [1.54, 1.807) is 36.4 Å². The highest BCUT2D eigenvalue weighted by Crippen LogP contribution is 2.28. The summed E-state index contributed by atoms with van der Waals surface area (Å²) in [5.41, 5.74) is 4.40. The summed E-state index contributed by atoms with van der Waals surface area (Å²) < 4.78 is 0. The first-order valence-electron chi connectivity index (χ1n) is 13.5. The Bertz CT molecular complexity index is 1290. The largest absolute Gasteiger partial charge is 0.349 e. The van der Waals surface area contributed by atoms with Crippen LogP contribution in [0.25, 0.3) is 0 Å². The fraction of sp³-hybridized carbons (Fsp3) is 0.235. The normalized spacial score (nSPS) is 14.3. The van der Waals surface area contributed by atoms with Crippen molar-refractivity contribution in [2.75, 3.05) is 19.6 Å². The van der Waals surface area contributed by atoms with Crippen LogP contribution in [0.4, 0.5) is 0 Å². The van der Waals surface area contributed by atoms with Crippen LogP contribution in [0.2, 0.25) is 0 Å². The molecule has 4 heteroatoms.